The Morgan fingerprint density at radius 1 is 1.02 bits per heavy atom. The smallest absolute Gasteiger partial charge is 0.405 e. The fourth-order valence-electron chi connectivity index (χ4n) is 4.86. The number of rotatable bonds is 4. The van der Waals surface area contributed by atoms with Crippen molar-refractivity contribution in [2.24, 2.45) is 17.6 Å². The van der Waals surface area contributed by atoms with Gasteiger partial charge in [0.2, 0.25) is 5.78 Å². The Kier molecular flexibility index (Phi) is 12.2. The Labute approximate surface area is 234 Å². The molecule has 11 heteroatoms. The fourth-order valence-corrected chi connectivity index (χ4v) is 4.86. The van der Waals surface area contributed by atoms with E-state index in [9.17, 15) is 24.3 Å². The van der Waals surface area contributed by atoms with E-state index in [4.69, 9.17) is 24.7 Å². The molecule has 0 fully saturated rings. The summed E-state index contributed by atoms with van der Waals surface area (Å²) in [6, 6.07) is 0. The normalized spacial score (nSPS) is 31.0. The molecular formula is C29H40N2O9. The molecule has 2 aliphatic rings. The monoisotopic (exact) mass is 560 g/mol. The van der Waals surface area contributed by atoms with E-state index in [0.717, 1.165) is 6.08 Å². The second kappa shape index (κ2) is 14.8. The quantitative estimate of drug-likeness (QED) is 0.345. The van der Waals surface area contributed by atoms with Gasteiger partial charge in [-0.1, -0.05) is 38.2 Å². The first-order chi connectivity index (χ1) is 18.8. The van der Waals surface area contributed by atoms with Crippen LogP contribution in [0.5, 0.6) is 0 Å². The van der Waals surface area contributed by atoms with Gasteiger partial charge in [-0.2, -0.15) is 0 Å². The summed E-state index contributed by atoms with van der Waals surface area (Å²) < 4.78 is 22.1. The highest BCUT2D eigenvalue weighted by Gasteiger charge is 2.35. The summed E-state index contributed by atoms with van der Waals surface area (Å²) in [5.74, 6) is -2.44. The SMILES string of the molecule is CO[C@@H]1C=CC=C(C)C(=O)NC2=CC(=O)C=C(C2=O)[C@H](OC)[C@@H](C)C[C@@H](OC)[C@@H](O)[C@H](C)C=C(C)[C@H]1OC(N)=O. The zero-order valence-electron chi connectivity index (χ0n) is 24.0. The van der Waals surface area contributed by atoms with Gasteiger partial charge in [-0.3, -0.25) is 14.4 Å². The molecule has 0 aromatic carbocycles. The summed E-state index contributed by atoms with van der Waals surface area (Å²) in [6.07, 6.45) is 3.68. The Morgan fingerprint density at radius 2 is 1.70 bits per heavy atom. The van der Waals surface area contributed by atoms with Crippen LogP contribution in [0.4, 0.5) is 4.79 Å². The number of Topliss-reactive ketones (excluding diaryl/α,β-unsaturated/α-hetero) is 1. The summed E-state index contributed by atoms with van der Waals surface area (Å²) >= 11 is 0. The molecule has 0 radical (unpaired) electrons. The zero-order valence-corrected chi connectivity index (χ0v) is 24.0. The Balaban J connectivity index is 2.62. The van der Waals surface area contributed by atoms with Crippen LogP contribution in [0, 0.1) is 11.8 Å². The summed E-state index contributed by atoms with van der Waals surface area (Å²) in [5.41, 5.74) is 6.06. The van der Waals surface area contributed by atoms with Crippen molar-refractivity contribution in [3.8, 4) is 0 Å². The van der Waals surface area contributed by atoms with E-state index in [-0.39, 0.29) is 29.2 Å². The van der Waals surface area contributed by atoms with E-state index >= 15 is 0 Å². The number of hydrogen-bond donors (Lipinski definition) is 3. The lowest BCUT2D eigenvalue weighted by atomic mass is 9.84. The number of ether oxygens (including phenoxy) is 4. The molecule has 4 N–H and O–H groups in total. The van der Waals surface area contributed by atoms with E-state index in [1.54, 1.807) is 26.0 Å². The number of aliphatic hydroxyl groups excluding tert-OH is 1. The highest BCUT2D eigenvalue weighted by atomic mass is 16.6. The minimum absolute atomic E-state index is 0.0970. The van der Waals surface area contributed by atoms with E-state index in [1.165, 1.54) is 46.5 Å². The molecule has 0 saturated heterocycles. The molecule has 40 heavy (non-hydrogen) atoms. The Bertz CT molecular complexity index is 1130. The number of allylic oxidation sites excluding steroid dienone is 5. The minimum Gasteiger partial charge on any atom is -0.439 e. The maximum Gasteiger partial charge on any atom is 0.405 e. The van der Waals surface area contributed by atoms with Crippen molar-refractivity contribution in [1.82, 2.24) is 5.32 Å². The van der Waals surface area contributed by atoms with Gasteiger partial charge in [-0.15, -0.1) is 0 Å². The molecule has 1 heterocycles. The van der Waals surface area contributed by atoms with Gasteiger partial charge in [0.05, 0.1) is 24.0 Å². The van der Waals surface area contributed by atoms with Crippen molar-refractivity contribution < 1.29 is 43.2 Å². The number of carbonyl (C=O) groups is 4. The van der Waals surface area contributed by atoms with Crippen LogP contribution in [0.15, 0.2) is 58.9 Å². The van der Waals surface area contributed by atoms with Crippen molar-refractivity contribution in [1.29, 1.82) is 0 Å². The molecule has 7 atom stereocenters. The first-order valence-corrected chi connectivity index (χ1v) is 12.9. The average molecular weight is 561 g/mol. The molecule has 1 aliphatic heterocycles. The van der Waals surface area contributed by atoms with Crippen molar-refractivity contribution >= 4 is 23.6 Å². The lowest BCUT2D eigenvalue weighted by molar-refractivity contribution is -0.120. The first kappa shape index (κ1) is 32.8. The van der Waals surface area contributed by atoms with Gasteiger partial charge in [0.15, 0.2) is 11.9 Å². The summed E-state index contributed by atoms with van der Waals surface area (Å²) in [7, 11) is 4.31. The molecule has 1 aliphatic carbocycles. The maximum atomic E-state index is 13.3. The number of nitrogens with two attached hydrogens (primary N) is 1. The van der Waals surface area contributed by atoms with Crippen LogP contribution in [-0.2, 0) is 33.3 Å². The van der Waals surface area contributed by atoms with Gasteiger partial charge in [-0.05, 0) is 37.8 Å². The predicted molar refractivity (Wildman–Crippen MR) is 147 cm³/mol. The lowest BCUT2D eigenvalue weighted by Gasteiger charge is -2.32. The number of hydrogen-bond acceptors (Lipinski definition) is 9. The van der Waals surface area contributed by atoms with Gasteiger partial charge >= 0.3 is 6.09 Å². The third-order valence-corrected chi connectivity index (χ3v) is 7.04. The standard InChI is InChI=1S/C29H40N2O9/c1-15-9-8-10-22(37-5)27(40-29(30)36)17(3)11-16(2)24(33)23(38-6)12-18(4)26(39-7)20-13-19(32)14-21(25(20)34)31-28(15)35/h8-11,13-14,16,18,22-24,26-27,33H,12H2,1-7H3,(H2,30,36)(H,31,35)/t16-,18+,22-,23-,24+,26-,27-/m1/s1. The van der Waals surface area contributed by atoms with Gasteiger partial charge in [0.1, 0.15) is 6.10 Å². The van der Waals surface area contributed by atoms with Crippen LogP contribution in [0.1, 0.15) is 34.1 Å². The molecule has 220 valence electrons. The molecule has 0 aromatic rings. The van der Waals surface area contributed by atoms with Gasteiger partial charge in [0.25, 0.3) is 5.91 Å². The van der Waals surface area contributed by atoms with E-state index in [2.05, 4.69) is 5.32 Å². The molecule has 0 spiro atoms. The molecule has 0 unspecified atom stereocenters. The Hall–Kier alpha value is -3.38. The number of methoxy groups -OCH3 is 3. The number of fused-ring (bicyclic) bond motifs is 2. The van der Waals surface area contributed by atoms with Crippen LogP contribution in [0.3, 0.4) is 0 Å². The molecule has 2 amide bonds. The van der Waals surface area contributed by atoms with Crippen LogP contribution >= 0.6 is 0 Å². The molecule has 0 aromatic heterocycles. The number of primary amides is 1. The van der Waals surface area contributed by atoms with Crippen molar-refractivity contribution in [3.63, 3.8) is 0 Å². The van der Waals surface area contributed by atoms with E-state index in [1.807, 2.05) is 6.92 Å². The first-order valence-electron chi connectivity index (χ1n) is 12.9. The highest BCUT2D eigenvalue weighted by molar-refractivity contribution is 6.22. The largest absolute Gasteiger partial charge is 0.439 e. The van der Waals surface area contributed by atoms with Gasteiger partial charge < -0.3 is 35.1 Å². The number of carbonyl (C=O) groups excluding carboxylic acids is 4. The third-order valence-electron chi connectivity index (χ3n) is 7.04. The highest BCUT2D eigenvalue weighted by Crippen LogP contribution is 2.29. The Morgan fingerprint density at radius 3 is 2.27 bits per heavy atom. The topological polar surface area (TPSA) is 163 Å². The summed E-state index contributed by atoms with van der Waals surface area (Å²) in [6.45, 7) is 6.86. The molecule has 2 bridgehead atoms. The van der Waals surface area contributed by atoms with Crippen molar-refractivity contribution in [2.45, 2.75) is 64.6 Å². The average Bonchev–Trinajstić information content (AvgIpc) is 2.90. The van der Waals surface area contributed by atoms with Gasteiger partial charge in [0, 0.05) is 44.5 Å². The number of aliphatic hydroxyl groups is 1. The lowest BCUT2D eigenvalue weighted by Crippen LogP contribution is -2.40. The van der Waals surface area contributed by atoms with E-state index in [0.29, 0.717) is 5.57 Å². The number of nitrogens with one attached hydrogen (secondary N) is 1. The van der Waals surface area contributed by atoms with Crippen molar-refractivity contribution in [2.75, 3.05) is 21.3 Å². The second-order valence-electron chi connectivity index (χ2n) is 10.0. The molecule has 2 rings (SSSR count). The summed E-state index contributed by atoms with van der Waals surface area (Å²) in [5, 5.41) is 13.7. The maximum absolute atomic E-state index is 13.3. The van der Waals surface area contributed by atoms with Crippen LogP contribution < -0.4 is 11.1 Å². The van der Waals surface area contributed by atoms with Crippen LogP contribution in [0.2, 0.25) is 0 Å². The number of ketones is 2. The fraction of sp³-hybridized carbons (Fsp3) is 0.517. The second-order valence-corrected chi connectivity index (χ2v) is 10.0. The van der Waals surface area contributed by atoms with Crippen LogP contribution in [-0.4, -0.2) is 80.5 Å². The van der Waals surface area contributed by atoms with Gasteiger partial charge in [-0.25, -0.2) is 4.79 Å². The van der Waals surface area contributed by atoms with E-state index < -0.39 is 60.0 Å². The molecule has 11 nitrogen and oxygen atoms in total. The predicted octanol–water partition coefficient (Wildman–Crippen LogP) is 2.06. The van der Waals surface area contributed by atoms with Crippen molar-refractivity contribution in [3.05, 3.63) is 58.9 Å². The molecular weight excluding hydrogens is 520 g/mol. The third kappa shape index (κ3) is 8.31. The zero-order chi connectivity index (χ0) is 30.1. The number of amides is 2. The van der Waals surface area contributed by atoms with Crippen LogP contribution in [0.25, 0.3) is 0 Å². The molecule has 0 saturated carbocycles. The minimum atomic E-state index is -1.01. The summed E-state index contributed by atoms with van der Waals surface area (Å²) in [4.78, 5) is 50.4.